The zero-order valence-electron chi connectivity index (χ0n) is 19.3. The van der Waals surface area contributed by atoms with Crippen molar-refractivity contribution in [1.82, 2.24) is 14.9 Å². The van der Waals surface area contributed by atoms with Gasteiger partial charge in [0.1, 0.15) is 11.6 Å². The number of hydrogen-bond acceptors (Lipinski definition) is 4. The fourth-order valence-corrected chi connectivity index (χ4v) is 4.93. The van der Waals surface area contributed by atoms with E-state index in [1.165, 1.54) is 6.07 Å². The molecule has 34 heavy (non-hydrogen) atoms. The number of amides is 1. The lowest BCUT2D eigenvalue weighted by Crippen LogP contribution is -2.51. The van der Waals surface area contributed by atoms with Crippen LogP contribution in [0.2, 0.25) is 5.02 Å². The molecule has 0 radical (unpaired) electrons. The number of carbonyl (C=O) groups is 1. The first kappa shape index (κ1) is 22.8. The van der Waals surface area contributed by atoms with Crippen molar-refractivity contribution >= 4 is 23.3 Å². The molecule has 0 N–H and O–H groups in total. The summed E-state index contributed by atoms with van der Waals surface area (Å²) in [4.78, 5) is 26.6. The van der Waals surface area contributed by atoms with Crippen molar-refractivity contribution in [3.8, 4) is 11.4 Å². The minimum absolute atomic E-state index is 0.205. The van der Waals surface area contributed by atoms with Crippen LogP contribution in [0.15, 0.2) is 48.5 Å². The Hall–Kier alpha value is -2.99. The van der Waals surface area contributed by atoms with E-state index in [0.29, 0.717) is 49.0 Å². The Morgan fingerprint density at radius 1 is 1.00 bits per heavy atom. The van der Waals surface area contributed by atoms with Crippen molar-refractivity contribution in [3.63, 3.8) is 0 Å². The molecule has 0 atom stereocenters. The molecule has 2 aliphatic rings. The largest absolute Gasteiger partial charge is 0.353 e. The van der Waals surface area contributed by atoms with Crippen molar-refractivity contribution in [2.45, 2.75) is 32.6 Å². The normalized spacial score (nSPS) is 16.4. The smallest absolute Gasteiger partial charge is 0.225 e. The molecule has 1 saturated heterocycles. The van der Waals surface area contributed by atoms with Crippen LogP contribution in [0.1, 0.15) is 36.1 Å². The average Bonchev–Trinajstić information content (AvgIpc) is 2.81. The van der Waals surface area contributed by atoms with Gasteiger partial charge in [0.05, 0.1) is 0 Å². The van der Waals surface area contributed by atoms with E-state index in [9.17, 15) is 9.18 Å². The highest BCUT2D eigenvalue weighted by Crippen LogP contribution is 2.32. The summed E-state index contributed by atoms with van der Waals surface area (Å²) in [5.41, 5.74) is 3.05. The van der Waals surface area contributed by atoms with Crippen LogP contribution >= 0.6 is 11.6 Å². The van der Waals surface area contributed by atoms with Crippen LogP contribution in [0.3, 0.4) is 0 Å². The molecule has 5 nitrogen and oxygen atoms in total. The van der Waals surface area contributed by atoms with Crippen molar-refractivity contribution in [2.24, 2.45) is 5.92 Å². The second-order valence-corrected chi connectivity index (χ2v) is 9.53. The Morgan fingerprint density at radius 2 is 1.74 bits per heavy atom. The lowest BCUT2D eigenvalue weighted by molar-refractivity contribution is -0.138. The van der Waals surface area contributed by atoms with E-state index in [1.54, 1.807) is 12.1 Å². The molecule has 0 spiro atoms. The minimum atomic E-state index is -0.332. The molecule has 2 heterocycles. The van der Waals surface area contributed by atoms with Gasteiger partial charge in [-0.2, -0.15) is 0 Å². The van der Waals surface area contributed by atoms with Crippen LogP contribution in [-0.4, -0.2) is 47.0 Å². The van der Waals surface area contributed by atoms with E-state index in [0.717, 1.165) is 41.9 Å². The molecular formula is C27H28ClFN4O. The fraction of sp³-hybridized carbons (Fsp3) is 0.370. The molecule has 1 aliphatic heterocycles. The lowest BCUT2D eigenvalue weighted by Gasteiger charge is -2.39. The quantitative estimate of drug-likeness (QED) is 0.500. The van der Waals surface area contributed by atoms with Gasteiger partial charge in [0.2, 0.25) is 5.91 Å². The number of rotatable bonds is 5. The average molecular weight is 479 g/mol. The minimum Gasteiger partial charge on any atom is -0.353 e. The van der Waals surface area contributed by atoms with Gasteiger partial charge in [0, 0.05) is 65.9 Å². The van der Waals surface area contributed by atoms with Crippen LogP contribution in [0.25, 0.3) is 11.4 Å². The molecule has 2 fully saturated rings. The van der Waals surface area contributed by atoms with Crippen LogP contribution < -0.4 is 4.90 Å². The number of aromatic nitrogens is 2. The van der Waals surface area contributed by atoms with Crippen molar-refractivity contribution < 1.29 is 9.18 Å². The van der Waals surface area contributed by atoms with Crippen molar-refractivity contribution in [3.05, 3.63) is 76.2 Å². The zero-order chi connectivity index (χ0) is 23.7. The summed E-state index contributed by atoms with van der Waals surface area (Å²) in [5, 5.41) is 0.397. The van der Waals surface area contributed by atoms with Gasteiger partial charge in [-0.1, -0.05) is 54.4 Å². The number of halogens is 2. The summed E-state index contributed by atoms with van der Waals surface area (Å²) in [5.74, 6) is 1.59. The van der Waals surface area contributed by atoms with Crippen LogP contribution in [0, 0.1) is 18.7 Å². The summed E-state index contributed by atoms with van der Waals surface area (Å²) in [6.45, 7) is 4.64. The molecule has 0 bridgehead atoms. The highest BCUT2D eigenvalue weighted by molar-refractivity contribution is 6.31. The predicted octanol–water partition coefficient (Wildman–Crippen LogP) is 5.28. The van der Waals surface area contributed by atoms with Crippen LogP contribution in [0.5, 0.6) is 0 Å². The molecule has 1 aliphatic carbocycles. The topological polar surface area (TPSA) is 49.3 Å². The van der Waals surface area contributed by atoms with E-state index in [2.05, 4.69) is 4.90 Å². The molecule has 1 amide bonds. The molecule has 1 saturated carbocycles. The highest BCUT2D eigenvalue weighted by atomic mass is 35.5. The molecule has 3 aromatic rings. The van der Waals surface area contributed by atoms with Gasteiger partial charge in [0.15, 0.2) is 5.82 Å². The maximum Gasteiger partial charge on any atom is 0.225 e. The molecule has 5 rings (SSSR count). The molecule has 1 aromatic heterocycles. The van der Waals surface area contributed by atoms with E-state index >= 15 is 0 Å². The third-order valence-electron chi connectivity index (χ3n) is 6.98. The molecule has 0 unspecified atom stereocenters. The third-order valence-corrected chi connectivity index (χ3v) is 7.34. The van der Waals surface area contributed by atoms with Gasteiger partial charge in [-0.3, -0.25) is 4.79 Å². The molecule has 176 valence electrons. The summed E-state index contributed by atoms with van der Waals surface area (Å²) < 4.78 is 14.7. The first-order valence-electron chi connectivity index (χ1n) is 11.9. The van der Waals surface area contributed by atoms with Crippen molar-refractivity contribution in [2.75, 3.05) is 31.1 Å². The maximum atomic E-state index is 14.7. The van der Waals surface area contributed by atoms with Gasteiger partial charge < -0.3 is 9.80 Å². The Balaban J connectivity index is 1.48. The summed E-state index contributed by atoms with van der Waals surface area (Å²) in [7, 11) is 0. The van der Waals surface area contributed by atoms with E-state index in [4.69, 9.17) is 21.6 Å². The molecule has 2 aromatic carbocycles. The lowest BCUT2D eigenvalue weighted by atomic mass is 9.84. The van der Waals surface area contributed by atoms with Crippen molar-refractivity contribution in [1.29, 1.82) is 0 Å². The predicted molar refractivity (Wildman–Crippen MR) is 133 cm³/mol. The Kier molecular flexibility index (Phi) is 6.50. The van der Waals surface area contributed by atoms with Gasteiger partial charge >= 0.3 is 0 Å². The standard InChI is InChI=1S/C27H28ClFN4O/c1-18-21(17-22-23(28)11-6-12-24(22)29)26(31-25(30-18)19-7-3-2-4-8-19)32-13-15-33(16-14-32)27(34)20-9-5-10-20/h2-4,6-8,11-12,20H,5,9-10,13-17H2,1H3. The SMILES string of the molecule is Cc1nc(-c2ccccc2)nc(N2CCN(C(=O)C3CCC3)CC2)c1Cc1c(F)cccc1Cl. The number of aryl methyl sites for hydroxylation is 1. The van der Waals surface area contributed by atoms with E-state index < -0.39 is 0 Å². The van der Waals surface area contributed by atoms with E-state index in [1.807, 2.05) is 42.2 Å². The second kappa shape index (κ2) is 9.71. The van der Waals surface area contributed by atoms with Crippen LogP contribution in [0.4, 0.5) is 10.2 Å². The van der Waals surface area contributed by atoms with Gasteiger partial charge in [-0.15, -0.1) is 0 Å². The number of carbonyl (C=O) groups excluding carboxylic acids is 1. The number of nitrogens with zero attached hydrogens (tertiary/aromatic N) is 4. The number of anilines is 1. The van der Waals surface area contributed by atoms with E-state index in [-0.39, 0.29) is 17.6 Å². The van der Waals surface area contributed by atoms with Gasteiger partial charge in [-0.05, 0) is 31.9 Å². The summed E-state index contributed by atoms with van der Waals surface area (Å²) in [6, 6.07) is 14.6. The zero-order valence-corrected chi connectivity index (χ0v) is 20.1. The molecule has 7 heteroatoms. The maximum absolute atomic E-state index is 14.7. The third kappa shape index (κ3) is 4.51. The van der Waals surface area contributed by atoms with Gasteiger partial charge in [-0.25, -0.2) is 14.4 Å². The Morgan fingerprint density at radius 3 is 2.38 bits per heavy atom. The number of piperazine rings is 1. The van der Waals surface area contributed by atoms with Crippen LogP contribution in [-0.2, 0) is 11.2 Å². The monoisotopic (exact) mass is 478 g/mol. The Bertz CT molecular complexity index is 1170. The number of benzene rings is 2. The summed E-state index contributed by atoms with van der Waals surface area (Å²) in [6.07, 6.45) is 3.49. The molecular weight excluding hydrogens is 451 g/mol. The highest BCUT2D eigenvalue weighted by Gasteiger charge is 2.32. The number of hydrogen-bond donors (Lipinski definition) is 0. The second-order valence-electron chi connectivity index (χ2n) is 9.12. The van der Waals surface area contributed by atoms with Gasteiger partial charge in [0.25, 0.3) is 0 Å². The summed E-state index contributed by atoms with van der Waals surface area (Å²) >= 11 is 6.36. The first-order valence-corrected chi connectivity index (χ1v) is 12.3. The Labute approximate surface area is 204 Å². The first-order chi connectivity index (χ1) is 16.5. The fourth-order valence-electron chi connectivity index (χ4n) is 4.70.